The maximum absolute atomic E-state index is 15.6. The predicted octanol–water partition coefficient (Wildman–Crippen LogP) is 6.69. The summed E-state index contributed by atoms with van der Waals surface area (Å²) >= 11 is 0. The normalized spacial score (nSPS) is 19.7. The predicted molar refractivity (Wildman–Crippen MR) is 277 cm³/mol. The highest BCUT2D eigenvalue weighted by Crippen LogP contribution is 2.39. The number of nitrogens with one attached hydrogen (secondary N) is 8. The molecule has 0 radical (unpaired) electrons. The molecule has 4 fully saturated rings. The standard InChI is InChI=1S/C50H52F8N18O4/c1-27-15-41(76(72-27)36-19-30(50(56,57)58)17-34(21-36)65-32-4-6-39(60-23-32)45(77)68-70-47-61-24-37(51)43(66-47)73-9-12-79-13-10-73)42-26-74(11-14-80-42)44-38(52)25-62-48(67-44)71-69-46(78)40-5-3-31(22-59-40)64-33-16-29(49(53,54)55)18-35(20-33)75-28(2)7-8-63-75/h3-6,16-25,27-28,41-42,63-65,72H,7-15,26H2,1-2H3,(H,68,77)(H,69,78)(H,61,66,70)(H,62,67,71). The fourth-order valence-corrected chi connectivity index (χ4v) is 9.48. The minimum Gasteiger partial charge on any atom is -0.378 e. The van der Waals surface area contributed by atoms with Crippen LogP contribution in [0.25, 0.3) is 0 Å². The van der Waals surface area contributed by atoms with Gasteiger partial charge in [-0.1, -0.05) is 0 Å². The van der Waals surface area contributed by atoms with Gasteiger partial charge in [-0.15, -0.1) is 0 Å². The van der Waals surface area contributed by atoms with E-state index in [4.69, 9.17) is 9.47 Å². The van der Waals surface area contributed by atoms with Gasteiger partial charge in [-0.05, 0) is 87.4 Å². The molecule has 8 heterocycles. The van der Waals surface area contributed by atoms with Crippen LogP contribution in [0.2, 0.25) is 0 Å². The molecule has 0 spiro atoms. The van der Waals surface area contributed by atoms with Gasteiger partial charge in [0.2, 0.25) is 11.9 Å². The smallest absolute Gasteiger partial charge is 0.378 e. The number of hydrogen-bond acceptors (Lipinski definition) is 20. The van der Waals surface area contributed by atoms with Crippen molar-refractivity contribution in [1.29, 1.82) is 0 Å². The van der Waals surface area contributed by atoms with Gasteiger partial charge in [-0.25, -0.2) is 39.6 Å². The zero-order valence-corrected chi connectivity index (χ0v) is 42.6. The van der Waals surface area contributed by atoms with Crippen molar-refractivity contribution in [2.75, 3.05) is 93.8 Å². The number of morpholine rings is 2. The van der Waals surface area contributed by atoms with E-state index < -0.39 is 59.1 Å². The van der Waals surface area contributed by atoms with Crippen molar-refractivity contribution < 1.29 is 54.2 Å². The molecule has 2 amide bonds. The van der Waals surface area contributed by atoms with Crippen LogP contribution in [-0.4, -0.2) is 118 Å². The number of anilines is 10. The Morgan fingerprint density at radius 1 is 0.637 bits per heavy atom. The number of hydrogen-bond donors (Lipinski definition) is 8. The average molecular weight is 1120 g/mol. The fraction of sp³-hybridized carbons (Fsp3) is 0.360. The first-order valence-electron chi connectivity index (χ1n) is 25.2. The number of carbonyl (C=O) groups excluding carboxylic acids is 2. The average Bonchev–Trinajstić information content (AvgIpc) is 4.08. The third kappa shape index (κ3) is 12.8. The van der Waals surface area contributed by atoms with E-state index in [0.717, 1.165) is 43.1 Å². The minimum atomic E-state index is -4.77. The molecule has 80 heavy (non-hydrogen) atoms. The van der Waals surface area contributed by atoms with Crippen LogP contribution in [-0.2, 0) is 21.8 Å². The summed E-state index contributed by atoms with van der Waals surface area (Å²) in [5, 5.41) is 9.15. The molecule has 4 unspecified atom stereocenters. The van der Waals surface area contributed by atoms with Crippen LogP contribution in [0.15, 0.2) is 85.5 Å². The Kier molecular flexibility index (Phi) is 15.8. The molecule has 30 heteroatoms. The Morgan fingerprint density at radius 3 is 1.66 bits per heavy atom. The molecule has 4 aromatic heterocycles. The van der Waals surface area contributed by atoms with Crippen LogP contribution in [0.4, 0.5) is 92.8 Å². The van der Waals surface area contributed by atoms with Crippen LogP contribution in [0.5, 0.6) is 0 Å². The largest absolute Gasteiger partial charge is 0.416 e. The van der Waals surface area contributed by atoms with E-state index in [9.17, 15) is 40.3 Å². The van der Waals surface area contributed by atoms with E-state index >= 15 is 4.39 Å². The minimum absolute atomic E-state index is 0.0301. The highest BCUT2D eigenvalue weighted by Gasteiger charge is 2.41. The molecule has 22 nitrogen and oxygen atoms in total. The molecular formula is C50H52F8N18O4. The third-order valence-corrected chi connectivity index (χ3v) is 13.3. The SMILES string of the molecule is CC1CC(C2CN(c3nc(NNC(=O)c4ccc(Nc5cc(N6NCCC6C)cc(C(F)(F)F)c5)cn4)ncc3F)CCO2)N(c2cc(Nc3ccc(C(=O)NNc4ncc(F)c(N5CCOCC5)n4)nc3)cc(C(F)(F)F)c2)N1. The molecule has 8 N–H and O–H groups in total. The number of amides is 2. The van der Waals surface area contributed by atoms with Gasteiger partial charge < -0.3 is 39.9 Å². The number of rotatable bonds is 15. The number of benzene rings is 2. The second-order valence-electron chi connectivity index (χ2n) is 19.1. The first-order chi connectivity index (χ1) is 38.3. The lowest BCUT2D eigenvalue weighted by molar-refractivity contribution is -0.138. The maximum Gasteiger partial charge on any atom is 0.416 e. The summed E-state index contributed by atoms with van der Waals surface area (Å²) in [6.07, 6.45) is -4.48. The fourth-order valence-electron chi connectivity index (χ4n) is 9.48. The van der Waals surface area contributed by atoms with Crippen molar-refractivity contribution in [1.82, 2.24) is 51.6 Å². The molecule has 4 aliphatic heterocycles. The number of aromatic nitrogens is 6. The van der Waals surface area contributed by atoms with E-state index in [-0.39, 0.29) is 89.4 Å². The summed E-state index contributed by atoms with van der Waals surface area (Å²) in [4.78, 5) is 54.0. The first kappa shape index (κ1) is 54.9. The number of nitrogens with zero attached hydrogens (tertiary/aromatic N) is 10. The lowest BCUT2D eigenvalue weighted by Crippen LogP contribution is -2.54. The van der Waals surface area contributed by atoms with E-state index in [2.05, 4.69) is 73.1 Å². The molecule has 422 valence electrons. The molecular weight excluding hydrogens is 1070 g/mol. The van der Waals surface area contributed by atoms with E-state index in [0.29, 0.717) is 50.6 Å². The Bertz CT molecular complexity index is 3190. The van der Waals surface area contributed by atoms with Crippen LogP contribution in [0.1, 0.15) is 58.8 Å². The molecule has 2 aromatic carbocycles. The quantitative estimate of drug-likeness (QED) is 0.0395. The van der Waals surface area contributed by atoms with E-state index in [1.165, 1.54) is 42.7 Å². The second-order valence-corrected chi connectivity index (χ2v) is 19.1. The van der Waals surface area contributed by atoms with Gasteiger partial charge in [-0.2, -0.15) is 36.3 Å². The van der Waals surface area contributed by atoms with Crippen molar-refractivity contribution in [3.05, 3.63) is 120 Å². The van der Waals surface area contributed by atoms with Gasteiger partial charge in [0.25, 0.3) is 11.8 Å². The number of alkyl halides is 6. The summed E-state index contributed by atoms with van der Waals surface area (Å²) in [5.74, 6) is -3.27. The molecule has 4 saturated heterocycles. The van der Waals surface area contributed by atoms with Crippen molar-refractivity contribution in [3.63, 3.8) is 0 Å². The molecule has 0 bridgehead atoms. The lowest BCUT2D eigenvalue weighted by Gasteiger charge is -2.39. The highest BCUT2D eigenvalue weighted by molar-refractivity contribution is 5.93. The second kappa shape index (κ2) is 23.1. The Labute approximate surface area is 451 Å². The topological polar surface area (TPSA) is 239 Å². The van der Waals surface area contributed by atoms with Gasteiger partial charge in [0.15, 0.2) is 23.3 Å². The summed E-state index contributed by atoms with van der Waals surface area (Å²) in [5.41, 5.74) is 15.5. The summed E-state index contributed by atoms with van der Waals surface area (Å²) in [6, 6.07) is 11.8. The number of ether oxygens (including phenoxy) is 2. The zero-order valence-electron chi connectivity index (χ0n) is 42.6. The molecule has 4 atom stereocenters. The number of pyridine rings is 2. The number of halogens is 8. The lowest BCUT2D eigenvalue weighted by atomic mass is 10.0. The Hall–Kier alpha value is -8.48. The van der Waals surface area contributed by atoms with Crippen molar-refractivity contribution in [3.8, 4) is 0 Å². The Balaban J connectivity index is 0.770. The van der Waals surface area contributed by atoms with Gasteiger partial charge in [-0.3, -0.25) is 31.3 Å². The number of hydrazine groups is 4. The van der Waals surface area contributed by atoms with Crippen molar-refractivity contribution in [2.45, 2.75) is 63.3 Å². The molecule has 6 aromatic rings. The molecule has 0 saturated carbocycles. The molecule has 4 aliphatic rings. The summed E-state index contributed by atoms with van der Waals surface area (Å²) < 4.78 is 127. The maximum atomic E-state index is 15.6. The zero-order chi connectivity index (χ0) is 56.3. The third-order valence-electron chi connectivity index (χ3n) is 13.3. The van der Waals surface area contributed by atoms with Gasteiger partial charge in [0, 0.05) is 56.2 Å². The van der Waals surface area contributed by atoms with Crippen LogP contribution >= 0.6 is 0 Å². The summed E-state index contributed by atoms with van der Waals surface area (Å²) in [7, 11) is 0. The molecule has 0 aliphatic carbocycles. The van der Waals surface area contributed by atoms with E-state index in [1.807, 2.05) is 13.8 Å². The number of carbonyl (C=O) groups is 2. The van der Waals surface area contributed by atoms with Gasteiger partial charge in [0.05, 0.1) is 90.6 Å². The van der Waals surface area contributed by atoms with Gasteiger partial charge in [0.1, 0.15) is 11.4 Å². The highest BCUT2D eigenvalue weighted by atomic mass is 19.4. The Morgan fingerprint density at radius 2 is 1.16 bits per heavy atom. The van der Waals surface area contributed by atoms with Crippen molar-refractivity contribution >= 4 is 69.5 Å². The molecule has 10 rings (SSSR count). The van der Waals surface area contributed by atoms with Crippen molar-refractivity contribution in [2.24, 2.45) is 0 Å². The van der Waals surface area contributed by atoms with Crippen LogP contribution in [0.3, 0.4) is 0 Å². The van der Waals surface area contributed by atoms with Crippen LogP contribution < -0.4 is 63.0 Å². The summed E-state index contributed by atoms with van der Waals surface area (Å²) in [6.45, 7) is 6.32. The van der Waals surface area contributed by atoms with Gasteiger partial charge >= 0.3 is 12.4 Å². The monoisotopic (exact) mass is 1120 g/mol. The van der Waals surface area contributed by atoms with Crippen LogP contribution in [0, 0.1) is 11.6 Å². The van der Waals surface area contributed by atoms with E-state index in [1.54, 1.807) is 25.9 Å². The first-order valence-corrected chi connectivity index (χ1v) is 25.2.